The smallest absolute Gasteiger partial charge is 0.211 e. The van der Waals surface area contributed by atoms with Crippen LogP contribution in [0.3, 0.4) is 0 Å². The minimum absolute atomic E-state index is 0.0261. The quantitative estimate of drug-likeness (QED) is 0.772. The lowest BCUT2D eigenvalue weighted by Gasteiger charge is -2.20. The molecule has 1 heterocycles. The summed E-state index contributed by atoms with van der Waals surface area (Å²) in [6.45, 7) is 1.36. The van der Waals surface area contributed by atoms with Gasteiger partial charge in [-0.05, 0) is 17.7 Å². The third-order valence-corrected chi connectivity index (χ3v) is 2.83. The zero-order chi connectivity index (χ0) is 13.5. The van der Waals surface area contributed by atoms with Gasteiger partial charge in [0.25, 0.3) is 0 Å². The number of ketones is 1. The van der Waals surface area contributed by atoms with Crippen LogP contribution in [0.25, 0.3) is 0 Å². The predicted octanol–water partition coefficient (Wildman–Crippen LogP) is 1.96. The summed E-state index contributed by atoms with van der Waals surface area (Å²) < 4.78 is 5.09. The molecule has 0 spiro atoms. The Morgan fingerprint density at radius 3 is 2.58 bits per heavy atom. The second kappa shape index (κ2) is 6.87. The number of aliphatic hydroxyl groups excluding tert-OH is 1. The number of hydrogen-bond donors (Lipinski definition) is 1. The molecule has 0 radical (unpaired) electrons. The van der Waals surface area contributed by atoms with Crippen molar-refractivity contribution in [2.45, 2.75) is 6.54 Å². The average molecular weight is 259 g/mol. The zero-order valence-corrected chi connectivity index (χ0v) is 10.7. The number of aliphatic hydroxyl groups is 1. The number of rotatable bonds is 7. The standard InChI is InChI=1S/C15H17NO3/c17-9-8-16(11-13-5-2-1-3-6-13)12-14(18)15-7-4-10-19-15/h1-7,10,17H,8-9,11-12H2. The second-order valence-electron chi connectivity index (χ2n) is 4.32. The number of Topliss-reactive ketones (excluding diaryl/α,β-unsaturated/α-hetero) is 1. The minimum atomic E-state index is -0.0746. The first-order chi connectivity index (χ1) is 9.29. The van der Waals surface area contributed by atoms with E-state index >= 15 is 0 Å². The van der Waals surface area contributed by atoms with E-state index in [0.717, 1.165) is 5.56 Å². The van der Waals surface area contributed by atoms with Crippen LogP contribution >= 0.6 is 0 Å². The van der Waals surface area contributed by atoms with Crippen molar-refractivity contribution in [3.63, 3.8) is 0 Å². The topological polar surface area (TPSA) is 53.7 Å². The summed E-state index contributed by atoms with van der Waals surface area (Å²) in [7, 11) is 0. The Hall–Kier alpha value is -1.91. The van der Waals surface area contributed by atoms with Gasteiger partial charge in [-0.3, -0.25) is 9.69 Å². The number of carbonyl (C=O) groups excluding carboxylic acids is 1. The van der Waals surface area contributed by atoms with Gasteiger partial charge in [0, 0.05) is 13.1 Å². The van der Waals surface area contributed by atoms with E-state index in [-0.39, 0.29) is 18.9 Å². The van der Waals surface area contributed by atoms with Crippen LogP contribution in [0.15, 0.2) is 53.1 Å². The Morgan fingerprint density at radius 2 is 1.95 bits per heavy atom. The summed E-state index contributed by atoms with van der Waals surface area (Å²) in [5, 5.41) is 9.08. The fraction of sp³-hybridized carbons (Fsp3) is 0.267. The zero-order valence-electron chi connectivity index (χ0n) is 10.7. The first-order valence-corrected chi connectivity index (χ1v) is 6.23. The molecule has 0 aliphatic heterocycles. The van der Waals surface area contributed by atoms with E-state index in [9.17, 15) is 4.79 Å². The molecule has 0 atom stereocenters. The molecule has 0 saturated carbocycles. The van der Waals surface area contributed by atoms with Crippen LogP contribution in [0.4, 0.5) is 0 Å². The predicted molar refractivity (Wildman–Crippen MR) is 71.8 cm³/mol. The van der Waals surface area contributed by atoms with Crippen LogP contribution in [0.1, 0.15) is 16.1 Å². The van der Waals surface area contributed by atoms with Crippen molar-refractivity contribution in [3.05, 3.63) is 60.1 Å². The molecule has 19 heavy (non-hydrogen) atoms. The van der Waals surface area contributed by atoms with Crippen LogP contribution in [-0.4, -0.2) is 35.5 Å². The molecule has 0 amide bonds. The van der Waals surface area contributed by atoms with Crippen molar-refractivity contribution in [2.24, 2.45) is 0 Å². The summed E-state index contributed by atoms with van der Waals surface area (Å²) >= 11 is 0. The molecule has 2 rings (SSSR count). The Morgan fingerprint density at radius 1 is 1.16 bits per heavy atom. The lowest BCUT2D eigenvalue weighted by molar-refractivity contribution is 0.0881. The number of benzene rings is 1. The maximum absolute atomic E-state index is 12.0. The van der Waals surface area contributed by atoms with Gasteiger partial charge in [-0.1, -0.05) is 30.3 Å². The Kier molecular flexibility index (Phi) is 4.89. The fourth-order valence-electron chi connectivity index (χ4n) is 1.92. The van der Waals surface area contributed by atoms with Crippen LogP contribution in [0.5, 0.6) is 0 Å². The van der Waals surface area contributed by atoms with Gasteiger partial charge >= 0.3 is 0 Å². The van der Waals surface area contributed by atoms with Crippen LogP contribution in [-0.2, 0) is 6.54 Å². The van der Waals surface area contributed by atoms with Crippen molar-refractivity contribution in [1.29, 1.82) is 0 Å². The van der Waals surface area contributed by atoms with Gasteiger partial charge in [0.2, 0.25) is 5.78 Å². The van der Waals surface area contributed by atoms with E-state index in [1.54, 1.807) is 12.1 Å². The molecule has 2 aromatic rings. The third kappa shape index (κ3) is 4.05. The van der Waals surface area contributed by atoms with Gasteiger partial charge in [0.1, 0.15) is 0 Å². The largest absolute Gasteiger partial charge is 0.461 e. The molecule has 0 bridgehead atoms. The van der Waals surface area contributed by atoms with Gasteiger partial charge < -0.3 is 9.52 Å². The molecule has 0 unspecified atom stereocenters. The molecule has 1 N–H and O–H groups in total. The van der Waals surface area contributed by atoms with Gasteiger partial charge in [-0.2, -0.15) is 0 Å². The maximum Gasteiger partial charge on any atom is 0.211 e. The Labute approximate surface area is 112 Å². The summed E-state index contributed by atoms with van der Waals surface area (Å²) in [6.07, 6.45) is 1.49. The highest BCUT2D eigenvalue weighted by Crippen LogP contribution is 2.07. The van der Waals surface area contributed by atoms with Crippen molar-refractivity contribution >= 4 is 5.78 Å². The summed E-state index contributed by atoms with van der Waals surface area (Å²) in [4.78, 5) is 13.9. The van der Waals surface area contributed by atoms with Gasteiger partial charge in [0.15, 0.2) is 5.76 Å². The number of hydrogen-bond acceptors (Lipinski definition) is 4. The van der Waals surface area contributed by atoms with E-state index in [2.05, 4.69) is 0 Å². The van der Waals surface area contributed by atoms with E-state index in [1.165, 1.54) is 6.26 Å². The minimum Gasteiger partial charge on any atom is -0.461 e. The highest BCUT2D eigenvalue weighted by molar-refractivity contribution is 5.94. The highest BCUT2D eigenvalue weighted by atomic mass is 16.3. The lowest BCUT2D eigenvalue weighted by atomic mass is 10.2. The van der Waals surface area contributed by atoms with Gasteiger partial charge in [-0.15, -0.1) is 0 Å². The summed E-state index contributed by atoms with van der Waals surface area (Å²) in [5.41, 5.74) is 1.11. The van der Waals surface area contributed by atoms with Crippen LogP contribution < -0.4 is 0 Å². The van der Waals surface area contributed by atoms with Crippen molar-refractivity contribution in [2.75, 3.05) is 19.7 Å². The first kappa shape index (κ1) is 13.5. The van der Waals surface area contributed by atoms with E-state index < -0.39 is 0 Å². The van der Waals surface area contributed by atoms with Crippen molar-refractivity contribution < 1.29 is 14.3 Å². The molecule has 100 valence electrons. The van der Waals surface area contributed by atoms with E-state index in [0.29, 0.717) is 18.8 Å². The molecule has 0 aliphatic carbocycles. The monoisotopic (exact) mass is 259 g/mol. The molecule has 0 aliphatic rings. The second-order valence-corrected chi connectivity index (χ2v) is 4.32. The summed E-state index contributed by atoms with van der Waals surface area (Å²) in [6, 6.07) is 13.2. The maximum atomic E-state index is 12.0. The molecule has 4 nitrogen and oxygen atoms in total. The van der Waals surface area contributed by atoms with Crippen LogP contribution in [0, 0.1) is 0 Å². The number of carbonyl (C=O) groups is 1. The molecule has 1 aromatic carbocycles. The summed E-state index contributed by atoms with van der Waals surface area (Å²) in [5.74, 6) is 0.283. The Balaban J connectivity index is 1.98. The number of nitrogens with zero attached hydrogens (tertiary/aromatic N) is 1. The van der Waals surface area contributed by atoms with E-state index in [1.807, 2.05) is 35.2 Å². The molecular weight excluding hydrogens is 242 g/mol. The first-order valence-electron chi connectivity index (χ1n) is 6.23. The lowest BCUT2D eigenvalue weighted by Crippen LogP contribution is -2.31. The number of furan rings is 1. The normalized spacial score (nSPS) is 10.8. The van der Waals surface area contributed by atoms with Crippen LogP contribution in [0.2, 0.25) is 0 Å². The van der Waals surface area contributed by atoms with E-state index in [4.69, 9.17) is 9.52 Å². The van der Waals surface area contributed by atoms with Gasteiger partial charge in [0.05, 0.1) is 19.4 Å². The molecule has 1 aromatic heterocycles. The molecule has 0 saturated heterocycles. The van der Waals surface area contributed by atoms with Crippen molar-refractivity contribution in [1.82, 2.24) is 4.90 Å². The van der Waals surface area contributed by atoms with Crippen molar-refractivity contribution in [3.8, 4) is 0 Å². The SMILES string of the molecule is O=C(CN(CCO)Cc1ccccc1)c1ccco1. The molecule has 4 heteroatoms. The fourth-order valence-corrected chi connectivity index (χ4v) is 1.92. The average Bonchev–Trinajstić information content (AvgIpc) is 2.94. The molecular formula is C15H17NO3. The third-order valence-electron chi connectivity index (χ3n) is 2.83. The molecule has 0 fully saturated rings. The highest BCUT2D eigenvalue weighted by Gasteiger charge is 2.14. The Bertz CT molecular complexity index is 493. The van der Waals surface area contributed by atoms with Gasteiger partial charge in [-0.25, -0.2) is 0 Å².